The Morgan fingerprint density at radius 1 is 1.26 bits per heavy atom. The third kappa shape index (κ3) is 4.15. The molecular formula is C13H13ClN4S. The molecule has 0 aromatic carbocycles. The predicted molar refractivity (Wildman–Crippen MR) is 81.3 cm³/mol. The van der Waals surface area contributed by atoms with Crippen LogP contribution in [-0.4, -0.2) is 15.1 Å². The zero-order valence-corrected chi connectivity index (χ0v) is 11.9. The van der Waals surface area contributed by atoms with Crippen molar-refractivity contribution in [3.63, 3.8) is 0 Å². The molecule has 1 atom stereocenters. The van der Waals surface area contributed by atoms with Crippen molar-refractivity contribution >= 4 is 34.7 Å². The Labute approximate surface area is 122 Å². The van der Waals surface area contributed by atoms with Crippen molar-refractivity contribution in [3.05, 3.63) is 53.4 Å². The van der Waals surface area contributed by atoms with Gasteiger partial charge in [0.2, 0.25) is 0 Å². The molecule has 4 nitrogen and oxygen atoms in total. The number of thiocarbonyl (C=S) groups is 1. The monoisotopic (exact) mass is 292 g/mol. The van der Waals surface area contributed by atoms with Gasteiger partial charge in [-0.05, 0) is 43.4 Å². The van der Waals surface area contributed by atoms with E-state index in [0.717, 1.165) is 5.69 Å². The number of aromatic nitrogens is 2. The molecule has 2 heterocycles. The first kappa shape index (κ1) is 13.7. The van der Waals surface area contributed by atoms with Crippen LogP contribution >= 0.6 is 23.8 Å². The van der Waals surface area contributed by atoms with Crippen molar-refractivity contribution in [2.75, 3.05) is 5.32 Å². The minimum atomic E-state index is 0.0218. The molecule has 0 aliphatic rings. The van der Waals surface area contributed by atoms with Crippen molar-refractivity contribution in [3.8, 4) is 0 Å². The van der Waals surface area contributed by atoms with E-state index in [1.807, 2.05) is 25.1 Å². The van der Waals surface area contributed by atoms with Gasteiger partial charge in [-0.15, -0.1) is 0 Å². The topological polar surface area (TPSA) is 49.8 Å². The summed E-state index contributed by atoms with van der Waals surface area (Å²) >= 11 is 11.0. The Kier molecular flexibility index (Phi) is 4.65. The summed E-state index contributed by atoms with van der Waals surface area (Å²) in [7, 11) is 0. The molecule has 0 fully saturated rings. The molecule has 19 heavy (non-hydrogen) atoms. The Bertz CT molecular complexity index is 544. The van der Waals surface area contributed by atoms with Gasteiger partial charge in [-0.25, -0.2) is 4.98 Å². The van der Waals surface area contributed by atoms with Crippen LogP contribution in [0.3, 0.4) is 0 Å². The average Bonchev–Trinajstić information content (AvgIpc) is 2.42. The number of nitrogens with one attached hydrogen (secondary N) is 2. The SMILES string of the molecule is CC(NC(=S)Nc1ccc(Cl)cn1)c1ccccn1. The lowest BCUT2D eigenvalue weighted by atomic mass is 10.2. The van der Waals surface area contributed by atoms with Gasteiger partial charge in [-0.2, -0.15) is 0 Å². The van der Waals surface area contributed by atoms with E-state index in [4.69, 9.17) is 23.8 Å². The fourth-order valence-corrected chi connectivity index (χ4v) is 1.90. The number of pyridine rings is 2. The van der Waals surface area contributed by atoms with Crippen LogP contribution in [0.25, 0.3) is 0 Å². The van der Waals surface area contributed by atoms with Crippen molar-refractivity contribution in [1.29, 1.82) is 0 Å². The summed E-state index contributed by atoms with van der Waals surface area (Å²) in [5.41, 5.74) is 0.927. The highest BCUT2D eigenvalue weighted by Gasteiger charge is 2.07. The van der Waals surface area contributed by atoms with Gasteiger partial charge in [0.15, 0.2) is 5.11 Å². The Morgan fingerprint density at radius 3 is 2.74 bits per heavy atom. The highest BCUT2D eigenvalue weighted by atomic mass is 35.5. The highest BCUT2D eigenvalue weighted by molar-refractivity contribution is 7.80. The van der Waals surface area contributed by atoms with Gasteiger partial charge in [0.25, 0.3) is 0 Å². The lowest BCUT2D eigenvalue weighted by Gasteiger charge is -2.16. The first-order valence-electron chi connectivity index (χ1n) is 5.75. The summed E-state index contributed by atoms with van der Waals surface area (Å²) in [6.07, 6.45) is 3.32. The zero-order chi connectivity index (χ0) is 13.7. The smallest absolute Gasteiger partial charge is 0.172 e. The fourth-order valence-electron chi connectivity index (χ4n) is 1.50. The first-order valence-corrected chi connectivity index (χ1v) is 6.54. The summed E-state index contributed by atoms with van der Waals surface area (Å²) < 4.78 is 0. The Morgan fingerprint density at radius 2 is 2.11 bits per heavy atom. The highest BCUT2D eigenvalue weighted by Crippen LogP contribution is 2.11. The van der Waals surface area contributed by atoms with E-state index in [1.54, 1.807) is 24.5 Å². The number of halogens is 1. The molecule has 0 radical (unpaired) electrons. The van der Waals surface area contributed by atoms with Gasteiger partial charge in [0.1, 0.15) is 5.82 Å². The van der Waals surface area contributed by atoms with Crippen molar-refractivity contribution in [2.45, 2.75) is 13.0 Å². The average molecular weight is 293 g/mol. The normalized spacial score (nSPS) is 11.7. The van der Waals surface area contributed by atoms with Crippen LogP contribution in [0.1, 0.15) is 18.7 Å². The van der Waals surface area contributed by atoms with Crippen molar-refractivity contribution in [1.82, 2.24) is 15.3 Å². The van der Waals surface area contributed by atoms with Gasteiger partial charge < -0.3 is 10.6 Å². The van der Waals surface area contributed by atoms with Crippen molar-refractivity contribution < 1.29 is 0 Å². The summed E-state index contributed by atoms with van der Waals surface area (Å²) in [5, 5.41) is 7.22. The van der Waals surface area contributed by atoms with Gasteiger partial charge in [-0.3, -0.25) is 4.98 Å². The molecule has 2 aromatic rings. The molecule has 2 N–H and O–H groups in total. The van der Waals surface area contributed by atoms with E-state index >= 15 is 0 Å². The second-order valence-corrected chi connectivity index (χ2v) is 4.78. The second kappa shape index (κ2) is 6.45. The van der Waals surface area contributed by atoms with Crippen LogP contribution in [0.5, 0.6) is 0 Å². The van der Waals surface area contributed by atoms with E-state index < -0.39 is 0 Å². The predicted octanol–water partition coefficient (Wildman–Crippen LogP) is 3.18. The zero-order valence-electron chi connectivity index (χ0n) is 10.3. The molecular weight excluding hydrogens is 280 g/mol. The standard InChI is InChI=1S/C13H13ClN4S/c1-9(11-4-2-3-7-15-11)17-13(19)18-12-6-5-10(14)8-16-12/h2-9H,1H3,(H2,16,17,18,19). The van der Waals surface area contributed by atoms with E-state index in [1.165, 1.54) is 0 Å². The molecule has 0 saturated carbocycles. The molecule has 0 bridgehead atoms. The molecule has 0 saturated heterocycles. The first-order chi connectivity index (χ1) is 9.15. The maximum atomic E-state index is 5.77. The molecule has 2 rings (SSSR count). The van der Waals surface area contributed by atoms with Crippen LogP contribution in [0.4, 0.5) is 5.82 Å². The van der Waals surface area contributed by atoms with Gasteiger partial charge in [-0.1, -0.05) is 17.7 Å². The van der Waals surface area contributed by atoms with E-state index in [-0.39, 0.29) is 6.04 Å². The largest absolute Gasteiger partial charge is 0.354 e. The second-order valence-electron chi connectivity index (χ2n) is 3.94. The summed E-state index contributed by atoms with van der Waals surface area (Å²) in [6.45, 7) is 1.99. The lowest BCUT2D eigenvalue weighted by Crippen LogP contribution is -2.31. The Balaban J connectivity index is 1.93. The summed E-state index contributed by atoms with van der Waals surface area (Å²) in [5.74, 6) is 0.648. The van der Waals surface area contributed by atoms with Crippen molar-refractivity contribution in [2.24, 2.45) is 0 Å². The maximum absolute atomic E-state index is 5.77. The summed E-state index contributed by atoms with van der Waals surface area (Å²) in [4.78, 5) is 8.38. The minimum absolute atomic E-state index is 0.0218. The molecule has 0 aliphatic carbocycles. The number of hydrogen-bond donors (Lipinski definition) is 2. The summed E-state index contributed by atoms with van der Waals surface area (Å²) in [6, 6.07) is 9.31. The van der Waals surface area contributed by atoms with Crippen LogP contribution in [0.2, 0.25) is 5.02 Å². The third-order valence-corrected chi connectivity index (χ3v) is 2.89. The van der Waals surface area contributed by atoms with Crippen LogP contribution in [0, 0.1) is 0 Å². The molecule has 2 aromatic heterocycles. The quantitative estimate of drug-likeness (QED) is 0.851. The van der Waals surface area contributed by atoms with Crippen LogP contribution in [0.15, 0.2) is 42.7 Å². The van der Waals surface area contributed by atoms with Gasteiger partial charge >= 0.3 is 0 Å². The number of rotatable bonds is 3. The molecule has 0 aliphatic heterocycles. The van der Waals surface area contributed by atoms with Gasteiger partial charge in [0.05, 0.1) is 16.8 Å². The Hall–Kier alpha value is -1.72. The third-order valence-electron chi connectivity index (χ3n) is 2.45. The molecule has 98 valence electrons. The number of hydrogen-bond acceptors (Lipinski definition) is 3. The number of nitrogens with zero attached hydrogens (tertiary/aromatic N) is 2. The van der Waals surface area contributed by atoms with Crippen LogP contribution < -0.4 is 10.6 Å². The lowest BCUT2D eigenvalue weighted by molar-refractivity contribution is 0.696. The molecule has 0 amide bonds. The maximum Gasteiger partial charge on any atom is 0.172 e. The van der Waals surface area contributed by atoms with E-state index in [2.05, 4.69) is 20.6 Å². The number of anilines is 1. The molecule has 0 spiro atoms. The minimum Gasteiger partial charge on any atom is -0.354 e. The van der Waals surface area contributed by atoms with Gasteiger partial charge in [0, 0.05) is 12.4 Å². The van der Waals surface area contributed by atoms with E-state index in [0.29, 0.717) is 16.0 Å². The molecule has 6 heteroatoms. The fraction of sp³-hybridized carbons (Fsp3) is 0.154. The molecule has 1 unspecified atom stereocenters. The van der Waals surface area contributed by atoms with Crippen LogP contribution in [-0.2, 0) is 0 Å². The van der Waals surface area contributed by atoms with E-state index in [9.17, 15) is 0 Å².